The lowest BCUT2D eigenvalue weighted by Crippen LogP contribution is -2.28. The number of pyridine rings is 1. The average Bonchev–Trinajstić information content (AvgIpc) is 3.39. The summed E-state index contributed by atoms with van der Waals surface area (Å²) in [5, 5.41) is 8.10. The molecule has 0 radical (unpaired) electrons. The van der Waals surface area contributed by atoms with Crippen molar-refractivity contribution in [1.29, 1.82) is 0 Å². The highest BCUT2D eigenvalue weighted by molar-refractivity contribution is 5.85. The number of aliphatic imine (C=N–C) groups is 1. The minimum atomic E-state index is -0.118. The first-order valence-corrected chi connectivity index (χ1v) is 9.64. The van der Waals surface area contributed by atoms with E-state index in [1.165, 1.54) is 11.1 Å². The van der Waals surface area contributed by atoms with Gasteiger partial charge < -0.3 is 10.5 Å². The van der Waals surface area contributed by atoms with Crippen LogP contribution in [0.25, 0.3) is 22.0 Å². The fraction of sp³-hybridized carbons (Fsp3) is 0.174. The van der Waals surface area contributed by atoms with E-state index in [-0.39, 0.29) is 12.1 Å². The van der Waals surface area contributed by atoms with Crippen LogP contribution in [0.4, 0.5) is 0 Å². The molecule has 0 bridgehead atoms. The van der Waals surface area contributed by atoms with Gasteiger partial charge in [0.05, 0.1) is 24.0 Å². The van der Waals surface area contributed by atoms with Gasteiger partial charge >= 0.3 is 0 Å². The molecule has 1 aliphatic heterocycles. The van der Waals surface area contributed by atoms with Crippen molar-refractivity contribution in [3.63, 3.8) is 0 Å². The zero-order valence-corrected chi connectivity index (χ0v) is 15.8. The summed E-state index contributed by atoms with van der Waals surface area (Å²) in [5.74, 6) is 0.710. The Bertz CT molecular complexity index is 1170. The fourth-order valence-corrected chi connectivity index (χ4v) is 3.70. The summed E-state index contributed by atoms with van der Waals surface area (Å²) in [4.78, 5) is 8.85. The molecule has 0 amide bonds. The van der Waals surface area contributed by atoms with Crippen molar-refractivity contribution in [2.45, 2.75) is 18.5 Å². The second-order valence-corrected chi connectivity index (χ2v) is 7.30. The van der Waals surface area contributed by atoms with E-state index in [1.54, 1.807) is 6.20 Å². The summed E-state index contributed by atoms with van der Waals surface area (Å²) in [7, 11) is 0. The van der Waals surface area contributed by atoms with E-state index >= 15 is 0 Å². The van der Waals surface area contributed by atoms with Crippen LogP contribution >= 0.6 is 0 Å². The van der Waals surface area contributed by atoms with Crippen LogP contribution in [-0.4, -0.2) is 40.1 Å². The van der Waals surface area contributed by atoms with Crippen molar-refractivity contribution >= 4 is 17.1 Å². The SMILES string of the molecule is N[C@H](COc1cncc(-c2ccc3[nH]ncc3c2)c1)CC1=C2C=CC=C[C@H]2N=C1. The number of nitrogens with one attached hydrogen (secondary N) is 1. The van der Waals surface area contributed by atoms with Gasteiger partial charge in [-0.25, -0.2) is 0 Å². The van der Waals surface area contributed by atoms with E-state index in [4.69, 9.17) is 10.5 Å². The van der Waals surface area contributed by atoms with Crippen LogP contribution in [0.1, 0.15) is 6.42 Å². The Balaban J connectivity index is 1.25. The molecule has 6 heteroatoms. The molecule has 3 aromatic rings. The van der Waals surface area contributed by atoms with Gasteiger partial charge in [-0.2, -0.15) is 5.10 Å². The van der Waals surface area contributed by atoms with Gasteiger partial charge in [0.15, 0.2) is 0 Å². The van der Waals surface area contributed by atoms with Crippen molar-refractivity contribution in [2.75, 3.05) is 6.61 Å². The fourth-order valence-electron chi connectivity index (χ4n) is 3.70. The lowest BCUT2D eigenvalue weighted by molar-refractivity contribution is 0.287. The van der Waals surface area contributed by atoms with Crippen molar-refractivity contribution in [2.24, 2.45) is 10.7 Å². The number of allylic oxidation sites excluding steroid dienone is 2. The molecule has 0 unspecified atom stereocenters. The van der Waals surface area contributed by atoms with Gasteiger partial charge in [0, 0.05) is 29.4 Å². The van der Waals surface area contributed by atoms with Crippen molar-refractivity contribution in [1.82, 2.24) is 15.2 Å². The Morgan fingerprint density at radius 2 is 2.07 bits per heavy atom. The summed E-state index contributed by atoms with van der Waals surface area (Å²) in [5.41, 5.74) is 11.8. The molecule has 1 aliphatic carbocycles. The molecule has 6 nitrogen and oxygen atoms in total. The van der Waals surface area contributed by atoms with Crippen LogP contribution in [0.15, 0.2) is 83.3 Å². The highest BCUT2D eigenvalue weighted by Crippen LogP contribution is 2.27. The van der Waals surface area contributed by atoms with Gasteiger partial charge in [-0.15, -0.1) is 0 Å². The van der Waals surface area contributed by atoms with Gasteiger partial charge in [0.2, 0.25) is 0 Å². The number of benzene rings is 1. The third-order valence-electron chi connectivity index (χ3n) is 5.19. The van der Waals surface area contributed by atoms with E-state index < -0.39 is 0 Å². The summed E-state index contributed by atoms with van der Waals surface area (Å²) >= 11 is 0. The predicted molar refractivity (Wildman–Crippen MR) is 115 cm³/mol. The molecule has 3 heterocycles. The summed E-state index contributed by atoms with van der Waals surface area (Å²) in [6.45, 7) is 0.417. The lowest BCUT2D eigenvalue weighted by Gasteiger charge is -2.15. The smallest absolute Gasteiger partial charge is 0.138 e. The number of aromatic nitrogens is 3. The van der Waals surface area contributed by atoms with Crippen molar-refractivity contribution in [3.8, 4) is 16.9 Å². The van der Waals surface area contributed by atoms with E-state index in [1.807, 2.05) is 49.0 Å². The second kappa shape index (κ2) is 7.48. The molecular formula is C23H21N5O. The third-order valence-corrected chi connectivity index (χ3v) is 5.19. The Morgan fingerprint density at radius 1 is 1.10 bits per heavy atom. The molecule has 5 rings (SSSR count). The summed E-state index contributed by atoms with van der Waals surface area (Å²) in [6.07, 6.45) is 16.3. The van der Waals surface area contributed by atoms with Crippen LogP contribution in [0.3, 0.4) is 0 Å². The Labute approximate surface area is 168 Å². The number of H-pyrrole nitrogens is 1. The van der Waals surface area contributed by atoms with Gasteiger partial charge in [0.25, 0.3) is 0 Å². The van der Waals surface area contributed by atoms with Crippen LogP contribution in [0, 0.1) is 0 Å². The molecule has 0 fully saturated rings. The second-order valence-electron chi connectivity index (χ2n) is 7.30. The lowest BCUT2D eigenvalue weighted by atomic mass is 9.96. The number of fused-ring (bicyclic) bond motifs is 2. The van der Waals surface area contributed by atoms with E-state index in [2.05, 4.69) is 38.4 Å². The Morgan fingerprint density at radius 3 is 3.03 bits per heavy atom. The standard InChI is InChI=1S/C23H21N5O/c24-19(8-17-11-26-23-4-2-1-3-21(17)23)14-29-20-9-16(10-25-13-20)15-5-6-22-18(7-15)12-27-28-22/h1-7,9-13,19,23H,8,14,24H2,(H,27,28)/t19-,23+/m0/s1. The van der Waals surface area contributed by atoms with Crippen molar-refractivity contribution < 1.29 is 4.74 Å². The molecule has 2 aliphatic rings. The largest absolute Gasteiger partial charge is 0.490 e. The molecular weight excluding hydrogens is 362 g/mol. The number of hydrogen-bond acceptors (Lipinski definition) is 5. The van der Waals surface area contributed by atoms with E-state index in [9.17, 15) is 0 Å². The number of nitrogens with two attached hydrogens (primary N) is 1. The molecule has 0 spiro atoms. The third kappa shape index (κ3) is 3.62. The van der Waals surface area contributed by atoms with Crippen LogP contribution in [-0.2, 0) is 0 Å². The van der Waals surface area contributed by atoms with E-state index in [0.717, 1.165) is 28.5 Å². The van der Waals surface area contributed by atoms with Gasteiger partial charge in [0.1, 0.15) is 12.4 Å². The molecule has 0 saturated carbocycles. The molecule has 2 aromatic heterocycles. The maximum Gasteiger partial charge on any atom is 0.138 e. The number of nitrogens with zero attached hydrogens (tertiary/aromatic N) is 3. The molecule has 29 heavy (non-hydrogen) atoms. The molecule has 1 aromatic carbocycles. The highest BCUT2D eigenvalue weighted by atomic mass is 16.5. The minimum Gasteiger partial charge on any atom is -0.490 e. The predicted octanol–water partition coefficient (Wildman–Crippen LogP) is 3.60. The first-order valence-electron chi connectivity index (χ1n) is 9.64. The molecule has 3 N–H and O–H groups in total. The number of ether oxygens (including phenoxy) is 1. The zero-order chi connectivity index (χ0) is 19.6. The highest BCUT2D eigenvalue weighted by Gasteiger charge is 2.20. The Kier molecular flexibility index (Phi) is 4.54. The summed E-state index contributed by atoms with van der Waals surface area (Å²) in [6, 6.07) is 8.17. The monoisotopic (exact) mass is 383 g/mol. The number of rotatable bonds is 6. The zero-order valence-electron chi connectivity index (χ0n) is 15.8. The first-order chi connectivity index (χ1) is 14.3. The van der Waals surface area contributed by atoms with Gasteiger partial charge in [-0.05, 0) is 41.3 Å². The van der Waals surface area contributed by atoms with Crippen LogP contribution in [0.5, 0.6) is 5.75 Å². The molecule has 0 saturated heterocycles. The maximum atomic E-state index is 6.33. The van der Waals surface area contributed by atoms with Gasteiger partial charge in [-0.3, -0.25) is 15.1 Å². The van der Waals surface area contributed by atoms with Gasteiger partial charge in [-0.1, -0.05) is 30.4 Å². The maximum absolute atomic E-state index is 6.33. The molecule has 144 valence electrons. The molecule has 2 atom stereocenters. The normalized spacial score (nSPS) is 18.4. The summed E-state index contributed by atoms with van der Waals surface area (Å²) < 4.78 is 5.94. The minimum absolute atomic E-state index is 0.118. The number of hydrogen-bond donors (Lipinski definition) is 2. The number of aromatic amines is 1. The topological polar surface area (TPSA) is 89.2 Å². The van der Waals surface area contributed by atoms with Crippen LogP contribution < -0.4 is 10.5 Å². The van der Waals surface area contributed by atoms with Crippen LogP contribution in [0.2, 0.25) is 0 Å². The van der Waals surface area contributed by atoms with E-state index in [0.29, 0.717) is 12.4 Å². The van der Waals surface area contributed by atoms with Crippen molar-refractivity contribution in [3.05, 3.63) is 78.3 Å². The first kappa shape index (κ1) is 17.6. The average molecular weight is 383 g/mol. The quantitative estimate of drug-likeness (QED) is 0.681. The Hall–Kier alpha value is -3.51.